The molecule has 196 valence electrons. The summed E-state index contributed by atoms with van der Waals surface area (Å²) in [5.74, 6) is -0.847. The van der Waals surface area contributed by atoms with Crippen molar-refractivity contribution in [1.29, 1.82) is 0 Å². The molecule has 0 bridgehead atoms. The second kappa shape index (κ2) is 12.0. The molecule has 12 heteroatoms. The van der Waals surface area contributed by atoms with Gasteiger partial charge in [-0.15, -0.1) is 11.3 Å². The minimum Gasteiger partial charge on any atom is -0.445 e. The van der Waals surface area contributed by atoms with Gasteiger partial charge in [0.25, 0.3) is 0 Å². The number of sulfone groups is 1. The van der Waals surface area contributed by atoms with Crippen LogP contribution in [0.4, 0.5) is 4.79 Å². The number of hydrogen-bond donors (Lipinski definition) is 1. The van der Waals surface area contributed by atoms with Crippen molar-refractivity contribution in [2.24, 2.45) is 0 Å². The highest BCUT2D eigenvalue weighted by Gasteiger charge is 2.50. The molecule has 2 unspecified atom stereocenters. The first-order valence-corrected chi connectivity index (χ1v) is 15.1. The van der Waals surface area contributed by atoms with Gasteiger partial charge in [-0.1, -0.05) is 30.3 Å². The van der Waals surface area contributed by atoms with Crippen LogP contribution in [0.2, 0.25) is 0 Å². The van der Waals surface area contributed by atoms with E-state index in [1.807, 2.05) is 30.3 Å². The summed E-state index contributed by atoms with van der Waals surface area (Å²) >= 11 is 4.67. The number of benzene rings is 1. The standard InChI is InChI=1S/C24H29BrN2O7S2/c25-20-10-9-19(35-20)24(16-21(28)26-34-22-8-4-5-14-32-22)11-12-27(13-15-36(24,30)31)23(29)33-17-18-6-2-1-3-7-18/h1-3,6-7,9-10,22H,4-5,8,11-17H2,(H,26,28). The summed E-state index contributed by atoms with van der Waals surface area (Å²) in [7, 11) is -3.84. The average Bonchev–Trinajstić information content (AvgIpc) is 3.27. The van der Waals surface area contributed by atoms with Gasteiger partial charge in [0.2, 0.25) is 5.91 Å². The van der Waals surface area contributed by atoms with Crippen molar-refractivity contribution in [3.05, 3.63) is 56.7 Å². The van der Waals surface area contributed by atoms with Crippen LogP contribution in [-0.2, 0) is 40.3 Å². The Bertz CT molecular complexity index is 1150. The fourth-order valence-corrected chi connectivity index (χ4v) is 8.34. The molecule has 1 aromatic heterocycles. The molecular weight excluding hydrogens is 572 g/mol. The maximum Gasteiger partial charge on any atom is 0.410 e. The monoisotopic (exact) mass is 600 g/mol. The number of carbonyl (C=O) groups excluding carboxylic acids is 2. The van der Waals surface area contributed by atoms with Gasteiger partial charge in [-0.25, -0.2) is 23.5 Å². The fourth-order valence-electron chi connectivity index (χ4n) is 4.35. The van der Waals surface area contributed by atoms with Crippen molar-refractivity contribution in [3.63, 3.8) is 0 Å². The maximum atomic E-state index is 13.7. The zero-order valence-corrected chi connectivity index (χ0v) is 22.9. The van der Waals surface area contributed by atoms with Gasteiger partial charge in [0, 0.05) is 31.0 Å². The predicted octanol–water partition coefficient (Wildman–Crippen LogP) is 4.13. The van der Waals surface area contributed by atoms with Crippen LogP contribution in [0.15, 0.2) is 46.3 Å². The van der Waals surface area contributed by atoms with Gasteiger partial charge >= 0.3 is 6.09 Å². The summed E-state index contributed by atoms with van der Waals surface area (Å²) in [6.07, 6.45) is 1.11. The zero-order chi connectivity index (χ0) is 25.6. The molecule has 2 aromatic rings. The Morgan fingerprint density at radius 2 is 1.97 bits per heavy atom. The van der Waals surface area contributed by atoms with Crippen molar-refractivity contribution < 1.29 is 32.3 Å². The van der Waals surface area contributed by atoms with Gasteiger partial charge in [0.15, 0.2) is 16.1 Å². The fraction of sp³-hybridized carbons (Fsp3) is 0.500. The van der Waals surface area contributed by atoms with E-state index in [0.717, 1.165) is 22.2 Å². The number of nitrogens with zero attached hydrogens (tertiary/aromatic N) is 1. The number of amides is 2. The summed E-state index contributed by atoms with van der Waals surface area (Å²) in [4.78, 5) is 33.1. The van der Waals surface area contributed by atoms with Gasteiger partial charge in [-0.05, 0) is 52.9 Å². The summed E-state index contributed by atoms with van der Waals surface area (Å²) in [5.41, 5.74) is 3.23. The molecular formula is C24H29BrN2O7S2. The molecule has 9 nitrogen and oxygen atoms in total. The first kappa shape index (κ1) is 27.1. The molecule has 0 saturated carbocycles. The van der Waals surface area contributed by atoms with Crippen LogP contribution < -0.4 is 5.48 Å². The van der Waals surface area contributed by atoms with Crippen molar-refractivity contribution >= 4 is 49.1 Å². The van der Waals surface area contributed by atoms with Crippen molar-refractivity contribution in [2.45, 2.75) is 49.7 Å². The van der Waals surface area contributed by atoms with E-state index in [9.17, 15) is 18.0 Å². The third-order valence-corrected chi connectivity index (χ3v) is 10.8. The molecule has 4 rings (SSSR count). The minimum atomic E-state index is -3.84. The molecule has 0 aliphatic carbocycles. The lowest BCUT2D eigenvalue weighted by Gasteiger charge is -2.31. The van der Waals surface area contributed by atoms with E-state index in [-0.39, 0.29) is 38.3 Å². The molecule has 2 fully saturated rings. The molecule has 0 spiro atoms. The normalized spacial score (nSPS) is 24.0. The highest BCUT2D eigenvalue weighted by Crippen LogP contribution is 2.44. The number of nitrogens with one attached hydrogen (secondary N) is 1. The number of thiophene rings is 1. The molecule has 2 aliphatic rings. The average molecular weight is 602 g/mol. The minimum absolute atomic E-state index is 0.0156. The number of hydroxylamine groups is 1. The smallest absolute Gasteiger partial charge is 0.410 e. The van der Waals surface area contributed by atoms with E-state index in [2.05, 4.69) is 21.4 Å². The Kier molecular flexibility index (Phi) is 9.05. The third kappa shape index (κ3) is 6.46. The van der Waals surface area contributed by atoms with Gasteiger partial charge in [0.1, 0.15) is 11.4 Å². The number of halogens is 1. The van der Waals surface area contributed by atoms with E-state index in [0.29, 0.717) is 17.9 Å². The predicted molar refractivity (Wildman–Crippen MR) is 138 cm³/mol. The molecule has 3 heterocycles. The first-order valence-electron chi connectivity index (χ1n) is 11.8. The topological polar surface area (TPSA) is 111 Å². The number of rotatable bonds is 7. The van der Waals surface area contributed by atoms with Gasteiger partial charge < -0.3 is 14.4 Å². The molecule has 1 N–H and O–H groups in total. The molecule has 0 radical (unpaired) electrons. The number of hydrogen-bond acceptors (Lipinski definition) is 8. The lowest BCUT2D eigenvalue weighted by molar-refractivity contribution is -0.200. The first-order chi connectivity index (χ1) is 17.3. The number of carbonyl (C=O) groups is 2. The van der Waals surface area contributed by atoms with Gasteiger partial charge in [-0.2, -0.15) is 0 Å². The zero-order valence-electron chi connectivity index (χ0n) is 19.7. The van der Waals surface area contributed by atoms with Crippen LogP contribution in [-0.4, -0.2) is 57.1 Å². The second-order valence-corrected chi connectivity index (χ2v) is 13.7. The van der Waals surface area contributed by atoms with E-state index in [4.69, 9.17) is 14.3 Å². The van der Waals surface area contributed by atoms with Crippen LogP contribution in [0.3, 0.4) is 0 Å². The van der Waals surface area contributed by atoms with Gasteiger partial charge in [-0.3, -0.25) is 4.79 Å². The van der Waals surface area contributed by atoms with E-state index < -0.39 is 32.9 Å². The summed E-state index contributed by atoms with van der Waals surface area (Å²) in [6.45, 7) is 0.758. The van der Waals surface area contributed by atoms with Crippen LogP contribution in [0.25, 0.3) is 0 Å². The highest BCUT2D eigenvalue weighted by atomic mass is 79.9. The Balaban J connectivity index is 1.49. The third-order valence-electron chi connectivity index (χ3n) is 6.38. The molecule has 2 amide bonds. The lowest BCUT2D eigenvalue weighted by Crippen LogP contribution is -2.43. The quantitative estimate of drug-likeness (QED) is 0.476. The summed E-state index contributed by atoms with van der Waals surface area (Å²) in [6, 6.07) is 12.7. The van der Waals surface area contributed by atoms with E-state index in [1.165, 1.54) is 16.2 Å². The summed E-state index contributed by atoms with van der Waals surface area (Å²) < 4.78 is 37.5. The molecule has 36 heavy (non-hydrogen) atoms. The summed E-state index contributed by atoms with van der Waals surface area (Å²) in [5, 5.41) is 0. The van der Waals surface area contributed by atoms with Gasteiger partial charge in [0.05, 0.1) is 16.0 Å². The number of ether oxygens (including phenoxy) is 2. The van der Waals surface area contributed by atoms with Crippen LogP contribution in [0.1, 0.15) is 42.5 Å². The van der Waals surface area contributed by atoms with Crippen molar-refractivity contribution in [1.82, 2.24) is 10.4 Å². The maximum absolute atomic E-state index is 13.7. The van der Waals surface area contributed by atoms with Crippen molar-refractivity contribution in [2.75, 3.05) is 25.4 Å². The molecule has 2 aliphatic heterocycles. The van der Waals surface area contributed by atoms with Crippen LogP contribution >= 0.6 is 27.3 Å². The Morgan fingerprint density at radius 3 is 2.67 bits per heavy atom. The molecule has 2 saturated heterocycles. The van der Waals surface area contributed by atoms with E-state index >= 15 is 0 Å². The highest BCUT2D eigenvalue weighted by molar-refractivity contribution is 9.11. The Morgan fingerprint density at radius 1 is 1.17 bits per heavy atom. The van der Waals surface area contributed by atoms with Crippen LogP contribution in [0, 0.1) is 0 Å². The molecule has 1 aromatic carbocycles. The lowest BCUT2D eigenvalue weighted by atomic mass is 9.97. The largest absolute Gasteiger partial charge is 0.445 e. The SMILES string of the molecule is O=C(CC1(c2ccc(Br)s2)CCN(C(=O)OCc2ccccc2)CCS1(=O)=O)NOC1CCCCO1. The Hall–Kier alpha value is -1.99. The Labute approximate surface area is 223 Å². The van der Waals surface area contributed by atoms with Crippen molar-refractivity contribution in [3.8, 4) is 0 Å². The molecule has 2 atom stereocenters. The second-order valence-electron chi connectivity index (χ2n) is 8.81. The van der Waals surface area contributed by atoms with Crippen LogP contribution in [0.5, 0.6) is 0 Å². The van der Waals surface area contributed by atoms with E-state index in [1.54, 1.807) is 12.1 Å².